The number of nitrogens with two attached hydrogens (primary N) is 1. The van der Waals surface area contributed by atoms with Crippen LogP contribution in [0.15, 0.2) is 0 Å². The Labute approximate surface area is 85.1 Å². The molecular weight excluding hydrogens is 180 g/mol. The molecule has 1 heterocycles. The molecule has 1 aliphatic heterocycles. The fraction of sp³-hybridized carbons (Fsp3) is 0.900. The third-order valence-corrected chi connectivity index (χ3v) is 2.84. The molecule has 3 N–H and O–H groups in total. The van der Waals surface area contributed by atoms with Crippen LogP contribution in [0.4, 0.5) is 0 Å². The van der Waals surface area contributed by atoms with Crippen LogP contribution < -0.4 is 5.73 Å². The third-order valence-electron chi connectivity index (χ3n) is 2.84. The molecule has 14 heavy (non-hydrogen) atoms. The first-order valence-electron chi connectivity index (χ1n) is 5.37. The number of hydrogen-bond donors (Lipinski definition) is 2. The molecular formula is C10H20N2O2. The maximum atomic E-state index is 10.6. The molecule has 0 saturated carbocycles. The van der Waals surface area contributed by atoms with Crippen molar-refractivity contribution < 1.29 is 9.90 Å². The predicted molar refractivity (Wildman–Crippen MR) is 54.7 cm³/mol. The topological polar surface area (TPSA) is 66.6 Å². The van der Waals surface area contributed by atoms with Gasteiger partial charge in [-0.2, -0.15) is 0 Å². The molecule has 0 bridgehead atoms. The van der Waals surface area contributed by atoms with Crippen molar-refractivity contribution in [2.75, 3.05) is 19.7 Å². The van der Waals surface area contributed by atoms with Crippen molar-refractivity contribution in [3.05, 3.63) is 0 Å². The lowest BCUT2D eigenvalue weighted by Crippen LogP contribution is -2.32. The zero-order valence-electron chi connectivity index (χ0n) is 8.61. The highest BCUT2D eigenvalue weighted by molar-refractivity contribution is 5.73. The third kappa shape index (κ3) is 3.64. The Bertz CT molecular complexity index is 185. The second kappa shape index (κ2) is 5.98. The Morgan fingerprint density at radius 1 is 1.57 bits per heavy atom. The number of primary amides is 1. The zero-order chi connectivity index (χ0) is 10.4. The smallest absolute Gasteiger partial charge is 0.218 e. The van der Waals surface area contributed by atoms with E-state index in [9.17, 15) is 4.79 Å². The number of likely N-dealkylation sites (tertiary alicyclic amines) is 1. The van der Waals surface area contributed by atoms with Crippen molar-refractivity contribution in [3.63, 3.8) is 0 Å². The first-order chi connectivity index (χ1) is 6.74. The minimum Gasteiger partial charge on any atom is -0.396 e. The molecule has 4 nitrogen and oxygen atoms in total. The number of aliphatic hydroxyl groups excluding tert-OH is 1. The number of amides is 1. The van der Waals surface area contributed by atoms with Crippen molar-refractivity contribution in [2.45, 2.75) is 38.1 Å². The summed E-state index contributed by atoms with van der Waals surface area (Å²) in [5, 5.41) is 8.74. The van der Waals surface area contributed by atoms with Gasteiger partial charge >= 0.3 is 0 Å². The fourth-order valence-electron chi connectivity index (χ4n) is 2.10. The monoisotopic (exact) mass is 200 g/mol. The van der Waals surface area contributed by atoms with Crippen LogP contribution in [0.5, 0.6) is 0 Å². The Balaban J connectivity index is 2.24. The average Bonchev–Trinajstić information content (AvgIpc) is 2.58. The van der Waals surface area contributed by atoms with Gasteiger partial charge in [-0.3, -0.25) is 9.69 Å². The largest absolute Gasteiger partial charge is 0.396 e. The lowest BCUT2D eigenvalue weighted by molar-refractivity contribution is -0.118. The molecule has 1 fully saturated rings. The van der Waals surface area contributed by atoms with Crippen molar-refractivity contribution >= 4 is 5.91 Å². The highest BCUT2D eigenvalue weighted by atomic mass is 16.2. The summed E-state index contributed by atoms with van der Waals surface area (Å²) in [6.07, 6.45) is 4.75. The van der Waals surface area contributed by atoms with E-state index in [2.05, 4.69) is 4.90 Å². The molecule has 4 heteroatoms. The van der Waals surface area contributed by atoms with Crippen LogP contribution in [-0.2, 0) is 4.79 Å². The molecule has 1 unspecified atom stereocenters. The van der Waals surface area contributed by atoms with Gasteiger partial charge in [0, 0.05) is 25.6 Å². The Morgan fingerprint density at radius 3 is 3.00 bits per heavy atom. The maximum absolute atomic E-state index is 10.6. The van der Waals surface area contributed by atoms with Crippen LogP contribution in [0.1, 0.15) is 32.1 Å². The minimum atomic E-state index is -0.224. The summed E-state index contributed by atoms with van der Waals surface area (Å²) in [5.74, 6) is -0.224. The molecule has 1 rings (SSSR count). The molecule has 1 saturated heterocycles. The van der Waals surface area contributed by atoms with Gasteiger partial charge in [0.15, 0.2) is 0 Å². The first kappa shape index (κ1) is 11.5. The normalized spacial score (nSPS) is 22.8. The van der Waals surface area contributed by atoms with Gasteiger partial charge in [-0.25, -0.2) is 0 Å². The number of nitrogens with zero attached hydrogens (tertiary/aromatic N) is 1. The molecule has 0 aromatic rings. The highest BCUT2D eigenvalue weighted by Crippen LogP contribution is 2.20. The van der Waals surface area contributed by atoms with E-state index in [1.165, 1.54) is 12.8 Å². The predicted octanol–water partition coefficient (Wildman–Crippen LogP) is 0.0987. The van der Waals surface area contributed by atoms with E-state index < -0.39 is 0 Å². The number of aliphatic hydroxyl groups is 1. The van der Waals surface area contributed by atoms with Crippen LogP contribution in [0.25, 0.3) is 0 Å². The molecule has 0 aromatic heterocycles. The van der Waals surface area contributed by atoms with E-state index in [0.29, 0.717) is 12.5 Å². The van der Waals surface area contributed by atoms with E-state index in [-0.39, 0.29) is 12.5 Å². The van der Waals surface area contributed by atoms with E-state index in [4.69, 9.17) is 10.8 Å². The van der Waals surface area contributed by atoms with Gasteiger partial charge in [0.05, 0.1) is 0 Å². The first-order valence-corrected chi connectivity index (χ1v) is 5.37. The zero-order valence-corrected chi connectivity index (χ0v) is 8.61. The standard InChI is InChI=1S/C10H20N2O2/c11-10(14)5-7-12-6-1-3-9(12)4-2-8-13/h9,13H,1-8H2,(H2,11,14). The number of rotatable bonds is 6. The summed E-state index contributed by atoms with van der Waals surface area (Å²) in [6, 6.07) is 0.557. The summed E-state index contributed by atoms with van der Waals surface area (Å²) >= 11 is 0. The van der Waals surface area contributed by atoms with E-state index >= 15 is 0 Å². The van der Waals surface area contributed by atoms with Crippen LogP contribution in [0.3, 0.4) is 0 Å². The van der Waals surface area contributed by atoms with Crippen molar-refractivity contribution in [1.29, 1.82) is 0 Å². The lowest BCUT2D eigenvalue weighted by Gasteiger charge is -2.23. The molecule has 0 spiro atoms. The van der Waals surface area contributed by atoms with Crippen molar-refractivity contribution in [3.8, 4) is 0 Å². The molecule has 1 amide bonds. The number of carbonyl (C=O) groups excluding carboxylic acids is 1. The lowest BCUT2D eigenvalue weighted by atomic mass is 10.1. The molecule has 0 aliphatic carbocycles. The van der Waals surface area contributed by atoms with Gasteiger partial charge in [0.1, 0.15) is 0 Å². The van der Waals surface area contributed by atoms with Gasteiger partial charge in [-0.15, -0.1) is 0 Å². The van der Waals surface area contributed by atoms with Gasteiger partial charge in [-0.05, 0) is 32.2 Å². The van der Waals surface area contributed by atoms with Gasteiger partial charge < -0.3 is 10.8 Å². The second-order valence-electron chi connectivity index (χ2n) is 3.91. The average molecular weight is 200 g/mol. The van der Waals surface area contributed by atoms with E-state index in [1.807, 2.05) is 0 Å². The molecule has 1 aliphatic rings. The highest BCUT2D eigenvalue weighted by Gasteiger charge is 2.23. The van der Waals surface area contributed by atoms with Crippen LogP contribution in [0, 0.1) is 0 Å². The summed E-state index contributed by atoms with van der Waals surface area (Å²) in [6.45, 7) is 2.12. The van der Waals surface area contributed by atoms with Crippen molar-refractivity contribution in [2.24, 2.45) is 5.73 Å². The van der Waals surface area contributed by atoms with Gasteiger partial charge in [-0.1, -0.05) is 0 Å². The van der Waals surface area contributed by atoms with E-state index in [0.717, 1.165) is 25.9 Å². The Hall–Kier alpha value is -0.610. The summed E-state index contributed by atoms with van der Waals surface area (Å²) < 4.78 is 0. The second-order valence-corrected chi connectivity index (χ2v) is 3.91. The minimum absolute atomic E-state index is 0.224. The van der Waals surface area contributed by atoms with Crippen LogP contribution >= 0.6 is 0 Å². The Morgan fingerprint density at radius 2 is 2.36 bits per heavy atom. The Kier molecular flexibility index (Phi) is 4.90. The van der Waals surface area contributed by atoms with Crippen molar-refractivity contribution in [1.82, 2.24) is 4.90 Å². The SMILES string of the molecule is NC(=O)CCN1CCCC1CCCO. The fourth-order valence-corrected chi connectivity index (χ4v) is 2.10. The number of carbonyl (C=O) groups is 1. The summed E-state index contributed by atoms with van der Waals surface area (Å²) in [4.78, 5) is 13.0. The van der Waals surface area contributed by atoms with Crippen LogP contribution in [0.2, 0.25) is 0 Å². The molecule has 0 radical (unpaired) electrons. The molecule has 1 atom stereocenters. The molecule has 0 aromatic carbocycles. The summed E-state index contributed by atoms with van der Waals surface area (Å²) in [5.41, 5.74) is 5.11. The summed E-state index contributed by atoms with van der Waals surface area (Å²) in [7, 11) is 0. The quantitative estimate of drug-likeness (QED) is 0.639. The number of hydrogen-bond acceptors (Lipinski definition) is 3. The maximum Gasteiger partial charge on any atom is 0.218 e. The van der Waals surface area contributed by atoms with Gasteiger partial charge in [0.2, 0.25) is 5.91 Å². The molecule has 82 valence electrons. The van der Waals surface area contributed by atoms with E-state index in [1.54, 1.807) is 0 Å². The van der Waals surface area contributed by atoms with Gasteiger partial charge in [0.25, 0.3) is 0 Å². The van der Waals surface area contributed by atoms with Crippen LogP contribution in [-0.4, -0.2) is 41.7 Å².